The number of likely N-dealkylation sites (tertiary alicyclic amines) is 2. The van der Waals surface area contributed by atoms with Gasteiger partial charge in [0.2, 0.25) is 0 Å². The minimum Gasteiger partial charge on any atom is -0.480 e. The molecule has 0 amide bonds. The number of piperidine rings is 1. The largest absolute Gasteiger partial charge is 0.480 e. The highest BCUT2D eigenvalue weighted by Crippen LogP contribution is 2.26. The zero-order valence-electron chi connectivity index (χ0n) is 9.67. The average molecular weight is 228 g/mol. The quantitative estimate of drug-likeness (QED) is 0.673. The molecule has 0 aliphatic carbocycles. The minimum atomic E-state index is -0.796. The zero-order chi connectivity index (χ0) is 11.7. The van der Waals surface area contributed by atoms with E-state index in [1.54, 1.807) is 0 Å². The van der Waals surface area contributed by atoms with Crippen LogP contribution in [-0.2, 0) is 4.79 Å². The highest BCUT2D eigenvalue weighted by molar-refractivity contribution is 5.74. The SMILES string of the molecule is CN1CCC(N2C[C@H](O)C[C@H]2C(=O)O)CC1. The second-order valence-corrected chi connectivity index (χ2v) is 4.97. The van der Waals surface area contributed by atoms with E-state index in [4.69, 9.17) is 5.11 Å². The van der Waals surface area contributed by atoms with Gasteiger partial charge in [-0.25, -0.2) is 0 Å². The van der Waals surface area contributed by atoms with E-state index in [9.17, 15) is 9.90 Å². The molecule has 2 N–H and O–H groups in total. The number of rotatable bonds is 2. The third-order valence-corrected chi connectivity index (χ3v) is 3.76. The number of carboxylic acid groups (broad SMARTS) is 1. The van der Waals surface area contributed by atoms with Crippen LogP contribution in [0.1, 0.15) is 19.3 Å². The number of carboxylic acids is 1. The smallest absolute Gasteiger partial charge is 0.321 e. The van der Waals surface area contributed by atoms with Crippen molar-refractivity contribution in [2.24, 2.45) is 0 Å². The number of hydrogen-bond donors (Lipinski definition) is 2. The van der Waals surface area contributed by atoms with Gasteiger partial charge in [-0.1, -0.05) is 0 Å². The van der Waals surface area contributed by atoms with E-state index < -0.39 is 18.1 Å². The number of aliphatic hydroxyl groups is 1. The van der Waals surface area contributed by atoms with E-state index in [-0.39, 0.29) is 0 Å². The van der Waals surface area contributed by atoms with E-state index in [1.807, 2.05) is 4.90 Å². The monoisotopic (exact) mass is 228 g/mol. The highest BCUT2D eigenvalue weighted by atomic mass is 16.4. The van der Waals surface area contributed by atoms with Crippen molar-refractivity contribution >= 4 is 5.97 Å². The Balaban J connectivity index is 1.99. The van der Waals surface area contributed by atoms with Crippen molar-refractivity contribution in [1.29, 1.82) is 0 Å². The van der Waals surface area contributed by atoms with Crippen LogP contribution in [0.4, 0.5) is 0 Å². The molecule has 0 unspecified atom stereocenters. The minimum absolute atomic E-state index is 0.328. The van der Waals surface area contributed by atoms with Gasteiger partial charge in [-0.2, -0.15) is 0 Å². The third kappa shape index (κ3) is 2.36. The van der Waals surface area contributed by atoms with Crippen LogP contribution >= 0.6 is 0 Å². The van der Waals surface area contributed by atoms with Crippen molar-refractivity contribution in [3.05, 3.63) is 0 Å². The molecule has 2 fully saturated rings. The van der Waals surface area contributed by atoms with Gasteiger partial charge in [0.25, 0.3) is 0 Å². The Kier molecular flexibility index (Phi) is 3.47. The van der Waals surface area contributed by atoms with Crippen molar-refractivity contribution in [3.63, 3.8) is 0 Å². The van der Waals surface area contributed by atoms with Crippen LogP contribution < -0.4 is 0 Å². The van der Waals surface area contributed by atoms with E-state index in [0.717, 1.165) is 25.9 Å². The molecule has 0 spiro atoms. The maximum atomic E-state index is 11.1. The van der Waals surface area contributed by atoms with Crippen LogP contribution in [0.25, 0.3) is 0 Å². The van der Waals surface area contributed by atoms with Crippen molar-refractivity contribution in [2.75, 3.05) is 26.7 Å². The van der Waals surface area contributed by atoms with Gasteiger partial charge >= 0.3 is 5.97 Å². The Morgan fingerprint density at radius 3 is 2.50 bits per heavy atom. The molecule has 0 aromatic rings. The topological polar surface area (TPSA) is 64.0 Å². The lowest BCUT2D eigenvalue weighted by molar-refractivity contribution is -0.143. The Bertz CT molecular complexity index is 264. The number of hydrogen-bond acceptors (Lipinski definition) is 4. The summed E-state index contributed by atoms with van der Waals surface area (Å²) in [6, 6.07) is -0.155. The van der Waals surface area contributed by atoms with Crippen LogP contribution in [0.5, 0.6) is 0 Å². The zero-order valence-corrected chi connectivity index (χ0v) is 9.67. The van der Waals surface area contributed by atoms with E-state index in [0.29, 0.717) is 19.0 Å². The van der Waals surface area contributed by atoms with Gasteiger partial charge in [-0.3, -0.25) is 9.69 Å². The molecule has 16 heavy (non-hydrogen) atoms. The summed E-state index contributed by atoms with van der Waals surface area (Å²) in [5.41, 5.74) is 0. The summed E-state index contributed by atoms with van der Waals surface area (Å²) in [5, 5.41) is 18.7. The third-order valence-electron chi connectivity index (χ3n) is 3.76. The predicted molar refractivity (Wildman–Crippen MR) is 59.3 cm³/mol. The van der Waals surface area contributed by atoms with Crippen LogP contribution in [0.2, 0.25) is 0 Å². The maximum absolute atomic E-state index is 11.1. The molecule has 0 aromatic carbocycles. The molecule has 5 nitrogen and oxygen atoms in total. The number of β-amino-alcohol motifs (C(OH)–C–C–N with tert-alkyl or cyclic N) is 1. The summed E-state index contributed by atoms with van der Waals surface area (Å²) in [7, 11) is 2.09. The van der Waals surface area contributed by atoms with E-state index >= 15 is 0 Å². The molecular weight excluding hydrogens is 208 g/mol. The lowest BCUT2D eigenvalue weighted by Crippen LogP contribution is -2.48. The van der Waals surface area contributed by atoms with Gasteiger partial charge in [0.1, 0.15) is 6.04 Å². The fraction of sp³-hybridized carbons (Fsp3) is 0.909. The lowest BCUT2D eigenvalue weighted by atomic mass is 10.0. The Morgan fingerprint density at radius 1 is 1.31 bits per heavy atom. The summed E-state index contributed by atoms with van der Waals surface area (Å²) in [4.78, 5) is 15.4. The standard InChI is InChI=1S/C11H20N2O3/c1-12-4-2-8(3-5-12)13-7-9(14)6-10(13)11(15)16/h8-10,14H,2-7H2,1H3,(H,15,16)/t9-,10+/m1/s1. The number of nitrogens with zero attached hydrogens (tertiary/aromatic N) is 2. The second kappa shape index (κ2) is 4.69. The van der Waals surface area contributed by atoms with Crippen molar-refractivity contribution in [2.45, 2.75) is 37.5 Å². The first kappa shape index (κ1) is 11.8. The summed E-state index contributed by atoms with van der Waals surface area (Å²) in [6.45, 7) is 2.55. The summed E-state index contributed by atoms with van der Waals surface area (Å²) in [6.07, 6.45) is 1.92. The first-order valence-electron chi connectivity index (χ1n) is 5.93. The van der Waals surface area contributed by atoms with Crippen LogP contribution in [0.15, 0.2) is 0 Å². The van der Waals surface area contributed by atoms with E-state index in [2.05, 4.69) is 11.9 Å². The molecule has 2 rings (SSSR count). The fourth-order valence-electron chi connectivity index (χ4n) is 2.81. The Labute approximate surface area is 95.6 Å². The molecule has 92 valence electrons. The fourth-order valence-corrected chi connectivity index (χ4v) is 2.81. The lowest BCUT2D eigenvalue weighted by Gasteiger charge is -2.36. The highest BCUT2D eigenvalue weighted by Gasteiger charge is 2.40. The van der Waals surface area contributed by atoms with Gasteiger partial charge < -0.3 is 15.1 Å². The molecule has 0 radical (unpaired) electrons. The average Bonchev–Trinajstić information content (AvgIpc) is 2.61. The summed E-state index contributed by atoms with van der Waals surface area (Å²) < 4.78 is 0. The van der Waals surface area contributed by atoms with Gasteiger partial charge in [0, 0.05) is 19.0 Å². The van der Waals surface area contributed by atoms with Crippen LogP contribution in [0, 0.1) is 0 Å². The summed E-state index contributed by atoms with van der Waals surface area (Å²) in [5.74, 6) is -0.796. The molecule has 2 atom stereocenters. The molecule has 0 saturated carbocycles. The van der Waals surface area contributed by atoms with E-state index in [1.165, 1.54) is 0 Å². The normalized spacial score (nSPS) is 34.4. The van der Waals surface area contributed by atoms with Gasteiger partial charge in [-0.05, 0) is 33.0 Å². The summed E-state index contributed by atoms with van der Waals surface area (Å²) >= 11 is 0. The molecule has 2 aliphatic heterocycles. The molecule has 0 bridgehead atoms. The molecule has 5 heteroatoms. The van der Waals surface area contributed by atoms with Crippen molar-refractivity contribution < 1.29 is 15.0 Å². The van der Waals surface area contributed by atoms with Gasteiger partial charge in [0.15, 0.2) is 0 Å². The number of aliphatic carboxylic acids is 1. The number of carbonyl (C=O) groups is 1. The van der Waals surface area contributed by atoms with Crippen LogP contribution in [-0.4, -0.2) is 70.9 Å². The molecule has 0 aromatic heterocycles. The maximum Gasteiger partial charge on any atom is 0.321 e. The molecule has 2 heterocycles. The van der Waals surface area contributed by atoms with Crippen molar-refractivity contribution in [3.8, 4) is 0 Å². The Morgan fingerprint density at radius 2 is 1.94 bits per heavy atom. The second-order valence-electron chi connectivity index (χ2n) is 4.97. The van der Waals surface area contributed by atoms with Crippen molar-refractivity contribution in [1.82, 2.24) is 9.80 Å². The predicted octanol–water partition coefficient (Wildman–Crippen LogP) is -0.400. The van der Waals surface area contributed by atoms with Gasteiger partial charge in [0.05, 0.1) is 6.10 Å². The first-order valence-corrected chi connectivity index (χ1v) is 5.93. The molecule has 2 aliphatic rings. The first-order chi connectivity index (χ1) is 7.58. The number of aliphatic hydroxyl groups excluding tert-OH is 1. The Hall–Kier alpha value is -0.650. The van der Waals surface area contributed by atoms with Crippen LogP contribution in [0.3, 0.4) is 0 Å². The molecule has 2 saturated heterocycles. The molecular formula is C11H20N2O3. The van der Waals surface area contributed by atoms with Gasteiger partial charge in [-0.15, -0.1) is 0 Å².